The first-order valence-corrected chi connectivity index (χ1v) is 6.15. The molecule has 0 saturated carbocycles. The number of rotatable bonds is 6. The number of benzene rings is 1. The number of nitrogens with two attached hydrogens (primary N) is 1. The van der Waals surface area contributed by atoms with E-state index in [1.54, 1.807) is 7.11 Å². The number of hydrogen-bond donors (Lipinski definition) is 1. The standard InChI is InChI=1S/C13H21ClN2O/c1-10(7-15)8-16(2)9-11-4-5-12(17-3)6-13(11)14/h4-6,10H,7-9,15H2,1-3H3. The molecule has 0 amide bonds. The van der Waals surface area contributed by atoms with Gasteiger partial charge < -0.3 is 15.4 Å². The molecule has 1 aromatic rings. The van der Waals surface area contributed by atoms with Crippen LogP contribution < -0.4 is 10.5 Å². The number of halogens is 1. The quantitative estimate of drug-likeness (QED) is 0.849. The van der Waals surface area contributed by atoms with Gasteiger partial charge in [-0.2, -0.15) is 0 Å². The Hall–Kier alpha value is -0.770. The molecule has 0 heterocycles. The van der Waals surface area contributed by atoms with Crippen molar-refractivity contribution < 1.29 is 4.74 Å². The van der Waals surface area contributed by atoms with Crippen LogP contribution in [0.15, 0.2) is 18.2 Å². The highest BCUT2D eigenvalue weighted by atomic mass is 35.5. The summed E-state index contributed by atoms with van der Waals surface area (Å²) in [5, 5.41) is 0.747. The molecular formula is C13H21ClN2O. The van der Waals surface area contributed by atoms with Gasteiger partial charge >= 0.3 is 0 Å². The zero-order chi connectivity index (χ0) is 12.8. The van der Waals surface area contributed by atoms with Crippen molar-refractivity contribution in [2.75, 3.05) is 27.2 Å². The minimum absolute atomic E-state index is 0.497. The highest BCUT2D eigenvalue weighted by Crippen LogP contribution is 2.23. The van der Waals surface area contributed by atoms with E-state index in [0.717, 1.165) is 29.4 Å². The zero-order valence-corrected chi connectivity index (χ0v) is 11.5. The summed E-state index contributed by atoms with van der Waals surface area (Å²) in [5.74, 6) is 1.29. The lowest BCUT2D eigenvalue weighted by Crippen LogP contribution is -2.28. The van der Waals surface area contributed by atoms with Crippen molar-refractivity contribution in [1.29, 1.82) is 0 Å². The van der Waals surface area contributed by atoms with Gasteiger partial charge in [-0.1, -0.05) is 24.6 Å². The van der Waals surface area contributed by atoms with Crippen molar-refractivity contribution in [2.24, 2.45) is 11.7 Å². The van der Waals surface area contributed by atoms with Gasteiger partial charge in [0.25, 0.3) is 0 Å². The molecule has 1 aromatic carbocycles. The molecule has 0 bridgehead atoms. The molecule has 0 saturated heterocycles. The number of nitrogens with zero attached hydrogens (tertiary/aromatic N) is 1. The Bertz CT molecular complexity index is 357. The molecule has 1 rings (SSSR count). The maximum atomic E-state index is 6.19. The normalized spacial score (nSPS) is 12.8. The predicted octanol–water partition coefficient (Wildman–Crippen LogP) is 2.38. The van der Waals surface area contributed by atoms with Crippen LogP contribution in [0.25, 0.3) is 0 Å². The molecule has 0 aliphatic heterocycles. The van der Waals surface area contributed by atoms with Crippen molar-refractivity contribution in [3.63, 3.8) is 0 Å². The van der Waals surface area contributed by atoms with E-state index in [9.17, 15) is 0 Å². The zero-order valence-electron chi connectivity index (χ0n) is 10.7. The fraction of sp³-hybridized carbons (Fsp3) is 0.538. The Balaban J connectivity index is 2.62. The van der Waals surface area contributed by atoms with Crippen LogP contribution in [0.2, 0.25) is 5.02 Å². The average molecular weight is 257 g/mol. The molecule has 0 aliphatic carbocycles. The maximum absolute atomic E-state index is 6.19. The monoisotopic (exact) mass is 256 g/mol. The number of hydrogen-bond acceptors (Lipinski definition) is 3. The summed E-state index contributed by atoms with van der Waals surface area (Å²) >= 11 is 6.19. The topological polar surface area (TPSA) is 38.5 Å². The van der Waals surface area contributed by atoms with Gasteiger partial charge in [-0.15, -0.1) is 0 Å². The minimum Gasteiger partial charge on any atom is -0.497 e. The maximum Gasteiger partial charge on any atom is 0.120 e. The second kappa shape index (κ2) is 6.84. The fourth-order valence-corrected chi connectivity index (χ4v) is 1.98. The lowest BCUT2D eigenvalue weighted by molar-refractivity contribution is 0.282. The molecule has 1 atom stereocenters. The van der Waals surface area contributed by atoms with Crippen molar-refractivity contribution in [2.45, 2.75) is 13.5 Å². The molecule has 0 fully saturated rings. The number of ether oxygens (including phenoxy) is 1. The summed E-state index contributed by atoms with van der Waals surface area (Å²) < 4.78 is 5.12. The molecule has 4 heteroatoms. The summed E-state index contributed by atoms with van der Waals surface area (Å²) in [7, 11) is 3.72. The first kappa shape index (κ1) is 14.3. The Morgan fingerprint density at radius 2 is 2.18 bits per heavy atom. The van der Waals surface area contributed by atoms with Crippen LogP contribution in [0.3, 0.4) is 0 Å². The van der Waals surface area contributed by atoms with Crippen LogP contribution in [0, 0.1) is 5.92 Å². The van der Waals surface area contributed by atoms with E-state index >= 15 is 0 Å². The lowest BCUT2D eigenvalue weighted by Gasteiger charge is -2.21. The van der Waals surface area contributed by atoms with E-state index in [4.69, 9.17) is 22.1 Å². The molecule has 0 aromatic heterocycles. The summed E-state index contributed by atoms with van der Waals surface area (Å²) in [6, 6.07) is 5.78. The summed E-state index contributed by atoms with van der Waals surface area (Å²) in [6.45, 7) is 4.65. The fourth-order valence-electron chi connectivity index (χ4n) is 1.75. The van der Waals surface area contributed by atoms with Gasteiger partial charge in [0.2, 0.25) is 0 Å². The van der Waals surface area contributed by atoms with E-state index in [0.29, 0.717) is 12.5 Å². The van der Waals surface area contributed by atoms with E-state index in [-0.39, 0.29) is 0 Å². The Morgan fingerprint density at radius 3 is 2.71 bits per heavy atom. The average Bonchev–Trinajstić information content (AvgIpc) is 2.31. The Kier molecular flexibility index (Phi) is 5.75. The number of methoxy groups -OCH3 is 1. The third kappa shape index (κ3) is 4.54. The summed E-state index contributed by atoms with van der Waals surface area (Å²) in [6.07, 6.45) is 0. The molecular weight excluding hydrogens is 236 g/mol. The Morgan fingerprint density at radius 1 is 1.47 bits per heavy atom. The van der Waals surface area contributed by atoms with Gasteiger partial charge in [-0.25, -0.2) is 0 Å². The third-order valence-corrected chi connectivity index (χ3v) is 3.08. The van der Waals surface area contributed by atoms with Crippen LogP contribution in [-0.4, -0.2) is 32.1 Å². The van der Waals surface area contributed by atoms with E-state index in [1.807, 2.05) is 18.2 Å². The van der Waals surface area contributed by atoms with Crippen molar-refractivity contribution in [3.8, 4) is 5.75 Å². The molecule has 0 radical (unpaired) electrons. The first-order valence-electron chi connectivity index (χ1n) is 5.77. The van der Waals surface area contributed by atoms with Gasteiger partial charge in [0.15, 0.2) is 0 Å². The predicted molar refractivity (Wildman–Crippen MR) is 72.6 cm³/mol. The summed E-state index contributed by atoms with van der Waals surface area (Å²) in [5.41, 5.74) is 6.72. The van der Waals surface area contributed by atoms with Crippen LogP contribution in [0.5, 0.6) is 5.75 Å². The smallest absolute Gasteiger partial charge is 0.120 e. The van der Waals surface area contributed by atoms with Gasteiger partial charge in [-0.05, 0) is 37.2 Å². The second-order valence-corrected chi connectivity index (χ2v) is 4.90. The van der Waals surface area contributed by atoms with Crippen LogP contribution >= 0.6 is 11.6 Å². The molecule has 2 N–H and O–H groups in total. The third-order valence-electron chi connectivity index (χ3n) is 2.73. The molecule has 96 valence electrons. The molecule has 1 unspecified atom stereocenters. The van der Waals surface area contributed by atoms with E-state index in [2.05, 4.69) is 18.9 Å². The van der Waals surface area contributed by atoms with E-state index < -0.39 is 0 Å². The molecule has 17 heavy (non-hydrogen) atoms. The van der Waals surface area contributed by atoms with Crippen LogP contribution in [0.1, 0.15) is 12.5 Å². The van der Waals surface area contributed by atoms with Gasteiger partial charge in [0.1, 0.15) is 5.75 Å². The largest absolute Gasteiger partial charge is 0.497 e. The van der Waals surface area contributed by atoms with Crippen LogP contribution in [-0.2, 0) is 6.54 Å². The molecule has 3 nitrogen and oxygen atoms in total. The van der Waals surface area contributed by atoms with Gasteiger partial charge in [0.05, 0.1) is 7.11 Å². The summed E-state index contributed by atoms with van der Waals surface area (Å²) in [4.78, 5) is 2.23. The van der Waals surface area contributed by atoms with Gasteiger partial charge in [-0.3, -0.25) is 0 Å². The second-order valence-electron chi connectivity index (χ2n) is 4.49. The Labute approximate surface area is 109 Å². The van der Waals surface area contributed by atoms with Crippen molar-refractivity contribution >= 4 is 11.6 Å². The van der Waals surface area contributed by atoms with Gasteiger partial charge in [0, 0.05) is 18.1 Å². The minimum atomic E-state index is 0.497. The van der Waals surface area contributed by atoms with E-state index in [1.165, 1.54) is 0 Å². The highest BCUT2D eigenvalue weighted by molar-refractivity contribution is 6.31. The van der Waals surface area contributed by atoms with Crippen molar-refractivity contribution in [3.05, 3.63) is 28.8 Å². The molecule has 0 aliphatic rings. The SMILES string of the molecule is COc1ccc(CN(C)CC(C)CN)c(Cl)c1. The van der Waals surface area contributed by atoms with Crippen molar-refractivity contribution in [1.82, 2.24) is 4.90 Å². The molecule has 0 spiro atoms. The highest BCUT2D eigenvalue weighted by Gasteiger charge is 2.08. The van der Waals surface area contributed by atoms with Crippen LogP contribution in [0.4, 0.5) is 0 Å². The lowest BCUT2D eigenvalue weighted by atomic mass is 10.1. The first-order chi connectivity index (χ1) is 8.06.